The number of sulfone groups is 1. The summed E-state index contributed by atoms with van der Waals surface area (Å²) in [5, 5.41) is 3.26. The summed E-state index contributed by atoms with van der Waals surface area (Å²) >= 11 is 0. The third kappa shape index (κ3) is 5.21. The highest BCUT2D eigenvalue weighted by atomic mass is 32.2. The van der Waals surface area contributed by atoms with E-state index in [2.05, 4.69) is 5.32 Å². The van der Waals surface area contributed by atoms with Crippen molar-refractivity contribution in [2.24, 2.45) is 0 Å². The molecule has 0 radical (unpaired) electrons. The van der Waals surface area contributed by atoms with Crippen LogP contribution < -0.4 is 10.1 Å². The lowest BCUT2D eigenvalue weighted by Gasteiger charge is -2.08. The summed E-state index contributed by atoms with van der Waals surface area (Å²) in [6.45, 7) is 2.00. The van der Waals surface area contributed by atoms with Gasteiger partial charge in [0.1, 0.15) is 12.4 Å². The van der Waals surface area contributed by atoms with Crippen molar-refractivity contribution in [3.05, 3.63) is 60.2 Å². The monoisotopic (exact) mass is 305 g/mol. The zero-order valence-electron chi connectivity index (χ0n) is 12.0. The molecule has 0 fully saturated rings. The minimum absolute atomic E-state index is 0.346. The van der Waals surface area contributed by atoms with Gasteiger partial charge in [0.05, 0.1) is 4.90 Å². The molecule has 0 saturated carbocycles. The molecule has 5 heteroatoms. The highest BCUT2D eigenvalue weighted by molar-refractivity contribution is 7.90. The van der Waals surface area contributed by atoms with Gasteiger partial charge >= 0.3 is 0 Å². The van der Waals surface area contributed by atoms with Gasteiger partial charge in [0.25, 0.3) is 0 Å². The van der Waals surface area contributed by atoms with Crippen LogP contribution in [0.3, 0.4) is 0 Å². The van der Waals surface area contributed by atoms with Crippen LogP contribution in [0.1, 0.15) is 5.56 Å². The Morgan fingerprint density at radius 1 is 1.00 bits per heavy atom. The van der Waals surface area contributed by atoms with Gasteiger partial charge in [-0.15, -0.1) is 0 Å². The van der Waals surface area contributed by atoms with E-state index in [1.165, 1.54) is 6.26 Å². The third-order valence-electron chi connectivity index (χ3n) is 2.97. The lowest BCUT2D eigenvalue weighted by molar-refractivity contribution is 0.313. The highest BCUT2D eigenvalue weighted by Gasteiger charge is 2.05. The van der Waals surface area contributed by atoms with Crippen molar-refractivity contribution in [3.63, 3.8) is 0 Å². The Balaban J connectivity index is 1.71. The van der Waals surface area contributed by atoms with E-state index >= 15 is 0 Å². The Kier molecular flexibility index (Phi) is 5.36. The van der Waals surface area contributed by atoms with Gasteiger partial charge in [0, 0.05) is 19.3 Å². The Morgan fingerprint density at radius 2 is 1.67 bits per heavy atom. The predicted octanol–water partition coefficient (Wildman–Crippen LogP) is 2.26. The summed E-state index contributed by atoms with van der Waals surface area (Å²) in [6, 6.07) is 16.6. The maximum atomic E-state index is 11.3. The summed E-state index contributed by atoms with van der Waals surface area (Å²) in [4.78, 5) is 0.346. The quantitative estimate of drug-likeness (QED) is 0.797. The van der Waals surface area contributed by atoms with Crippen LogP contribution in [0.5, 0.6) is 5.75 Å². The molecule has 0 unspecified atom stereocenters. The van der Waals surface area contributed by atoms with Gasteiger partial charge < -0.3 is 10.1 Å². The molecule has 0 amide bonds. The van der Waals surface area contributed by atoms with Gasteiger partial charge in [-0.05, 0) is 29.8 Å². The predicted molar refractivity (Wildman–Crippen MR) is 83.2 cm³/mol. The number of benzene rings is 2. The van der Waals surface area contributed by atoms with E-state index in [9.17, 15) is 8.42 Å². The van der Waals surface area contributed by atoms with Crippen molar-refractivity contribution < 1.29 is 13.2 Å². The van der Waals surface area contributed by atoms with Crippen LogP contribution in [0.15, 0.2) is 59.5 Å². The molecule has 0 spiro atoms. The normalized spacial score (nSPS) is 11.3. The third-order valence-corrected chi connectivity index (χ3v) is 4.10. The molecule has 1 N–H and O–H groups in total. The summed E-state index contributed by atoms with van der Waals surface area (Å²) in [6.07, 6.45) is 1.21. The summed E-state index contributed by atoms with van der Waals surface area (Å²) in [5.74, 6) is 0.858. The molecule has 0 aliphatic carbocycles. The van der Waals surface area contributed by atoms with Crippen LogP contribution in [-0.4, -0.2) is 27.8 Å². The van der Waals surface area contributed by atoms with Crippen molar-refractivity contribution in [2.75, 3.05) is 19.4 Å². The largest absolute Gasteiger partial charge is 0.492 e. The topological polar surface area (TPSA) is 55.4 Å². The molecular weight excluding hydrogens is 286 g/mol. The first kappa shape index (κ1) is 15.5. The average Bonchev–Trinajstić information content (AvgIpc) is 2.47. The number of hydrogen-bond donors (Lipinski definition) is 1. The molecule has 2 aromatic rings. The number of ether oxygens (including phenoxy) is 1. The molecule has 4 nitrogen and oxygen atoms in total. The number of para-hydroxylation sites is 1. The van der Waals surface area contributed by atoms with Crippen molar-refractivity contribution in [1.29, 1.82) is 0 Å². The molecule has 0 saturated heterocycles. The van der Waals surface area contributed by atoms with Crippen LogP contribution >= 0.6 is 0 Å². The van der Waals surface area contributed by atoms with Crippen molar-refractivity contribution >= 4 is 9.84 Å². The van der Waals surface area contributed by atoms with Crippen LogP contribution in [0.4, 0.5) is 0 Å². The number of hydrogen-bond acceptors (Lipinski definition) is 4. The Hall–Kier alpha value is -1.85. The van der Waals surface area contributed by atoms with E-state index < -0.39 is 9.84 Å². The first-order valence-electron chi connectivity index (χ1n) is 6.73. The highest BCUT2D eigenvalue weighted by Crippen LogP contribution is 2.10. The number of rotatable bonds is 7. The molecular formula is C16H19NO3S. The molecule has 0 aliphatic rings. The van der Waals surface area contributed by atoms with Gasteiger partial charge in [-0.25, -0.2) is 8.42 Å². The van der Waals surface area contributed by atoms with E-state index in [-0.39, 0.29) is 0 Å². The standard InChI is InChI=1S/C16H19NO3S/c1-21(18,19)16-9-7-14(8-10-16)13-17-11-12-20-15-5-3-2-4-6-15/h2-10,17H,11-13H2,1H3. The van der Waals surface area contributed by atoms with Gasteiger partial charge in [0.2, 0.25) is 0 Å². The van der Waals surface area contributed by atoms with Crippen molar-refractivity contribution in [3.8, 4) is 5.75 Å². The molecule has 2 aromatic carbocycles. The molecule has 21 heavy (non-hydrogen) atoms. The zero-order valence-corrected chi connectivity index (χ0v) is 12.8. The van der Waals surface area contributed by atoms with E-state index in [0.29, 0.717) is 18.0 Å². The lowest BCUT2D eigenvalue weighted by atomic mass is 10.2. The Labute approximate surface area is 125 Å². The summed E-state index contributed by atoms with van der Waals surface area (Å²) < 4.78 is 28.3. The second kappa shape index (κ2) is 7.24. The second-order valence-electron chi connectivity index (χ2n) is 4.75. The molecule has 0 atom stereocenters. The first-order valence-corrected chi connectivity index (χ1v) is 8.62. The average molecular weight is 305 g/mol. The van der Waals surface area contributed by atoms with Crippen LogP contribution in [0, 0.1) is 0 Å². The lowest BCUT2D eigenvalue weighted by Crippen LogP contribution is -2.20. The van der Waals surface area contributed by atoms with E-state index in [1.807, 2.05) is 42.5 Å². The number of nitrogens with one attached hydrogen (secondary N) is 1. The minimum atomic E-state index is -3.12. The smallest absolute Gasteiger partial charge is 0.175 e. The van der Waals surface area contributed by atoms with Crippen molar-refractivity contribution in [1.82, 2.24) is 5.32 Å². The Morgan fingerprint density at radius 3 is 2.29 bits per heavy atom. The van der Waals surface area contributed by atoms with Gasteiger partial charge in [-0.3, -0.25) is 0 Å². The van der Waals surface area contributed by atoms with E-state index in [0.717, 1.165) is 17.9 Å². The molecule has 112 valence electrons. The van der Waals surface area contributed by atoms with Gasteiger partial charge in [-0.1, -0.05) is 30.3 Å². The van der Waals surface area contributed by atoms with Crippen LogP contribution in [0.2, 0.25) is 0 Å². The maximum Gasteiger partial charge on any atom is 0.175 e. The SMILES string of the molecule is CS(=O)(=O)c1ccc(CNCCOc2ccccc2)cc1. The van der Waals surface area contributed by atoms with Gasteiger partial charge in [0.15, 0.2) is 9.84 Å². The molecule has 0 aromatic heterocycles. The van der Waals surface area contributed by atoms with E-state index in [4.69, 9.17) is 4.74 Å². The second-order valence-corrected chi connectivity index (χ2v) is 6.77. The Bertz CT molecular complexity index is 652. The maximum absolute atomic E-state index is 11.3. The molecule has 0 heterocycles. The molecule has 0 aliphatic heterocycles. The molecule has 2 rings (SSSR count). The van der Waals surface area contributed by atoms with Gasteiger partial charge in [-0.2, -0.15) is 0 Å². The van der Waals surface area contributed by atoms with E-state index in [1.54, 1.807) is 12.1 Å². The van der Waals surface area contributed by atoms with Crippen molar-refractivity contribution in [2.45, 2.75) is 11.4 Å². The fraction of sp³-hybridized carbons (Fsp3) is 0.250. The fourth-order valence-electron chi connectivity index (χ4n) is 1.84. The molecule has 0 bridgehead atoms. The summed E-state index contributed by atoms with van der Waals surface area (Å²) in [7, 11) is -3.12. The minimum Gasteiger partial charge on any atom is -0.492 e. The first-order chi connectivity index (χ1) is 10.1. The fourth-order valence-corrected chi connectivity index (χ4v) is 2.48. The summed E-state index contributed by atoms with van der Waals surface area (Å²) in [5.41, 5.74) is 1.04. The zero-order chi connectivity index (χ0) is 15.1. The van der Waals surface area contributed by atoms with Crippen LogP contribution in [0.25, 0.3) is 0 Å². The van der Waals surface area contributed by atoms with Crippen LogP contribution in [-0.2, 0) is 16.4 Å².